The smallest absolute Gasteiger partial charge is 0.250 e. The number of rotatable bonds is 7. The van der Waals surface area contributed by atoms with Gasteiger partial charge in [-0.1, -0.05) is 64.5 Å². The van der Waals surface area contributed by atoms with Crippen molar-refractivity contribution in [3.05, 3.63) is 95.0 Å². The van der Waals surface area contributed by atoms with Gasteiger partial charge in [-0.3, -0.25) is 0 Å². The second-order valence-corrected chi connectivity index (χ2v) is 7.13. The molecule has 0 unspecified atom stereocenters. The molecular weight excluding hydrogens is 442 g/mol. The van der Waals surface area contributed by atoms with Gasteiger partial charge in [-0.05, 0) is 42.0 Å². The molecule has 0 amide bonds. The van der Waals surface area contributed by atoms with E-state index in [1.807, 2.05) is 84.9 Å². The van der Waals surface area contributed by atoms with E-state index < -0.39 is 0 Å². The zero-order chi connectivity index (χ0) is 20.6. The Hall–Kier alpha value is -3.78. The Morgan fingerprint density at radius 3 is 1.80 bits per heavy atom. The molecule has 0 atom stereocenters. The third kappa shape index (κ3) is 5.62. The fourth-order valence-corrected chi connectivity index (χ4v) is 3.01. The van der Waals surface area contributed by atoms with Crippen LogP contribution >= 0.6 is 15.9 Å². The van der Waals surface area contributed by atoms with E-state index in [1.54, 1.807) is 6.21 Å². The minimum atomic E-state index is 0.313. The van der Waals surface area contributed by atoms with E-state index in [0.717, 1.165) is 21.4 Å². The number of nitrogens with zero attached hydrogens (tertiary/aromatic N) is 4. The molecule has 1 aromatic heterocycles. The highest BCUT2D eigenvalue weighted by Crippen LogP contribution is 2.18. The average Bonchev–Trinajstić information content (AvgIpc) is 2.75. The number of benzene rings is 3. The number of nitrogens with one attached hydrogen (secondary N) is 3. The van der Waals surface area contributed by atoms with E-state index >= 15 is 0 Å². The highest BCUT2D eigenvalue weighted by Gasteiger charge is 2.07. The van der Waals surface area contributed by atoms with E-state index in [2.05, 4.69) is 52.0 Å². The SMILES string of the molecule is Brc1cccc(/C=N\Nc2nc(Nc3ccccc3)nc(Nc3ccccc3)n2)c1. The summed E-state index contributed by atoms with van der Waals surface area (Å²) >= 11 is 3.45. The van der Waals surface area contributed by atoms with Gasteiger partial charge >= 0.3 is 0 Å². The molecule has 0 saturated carbocycles. The lowest BCUT2D eigenvalue weighted by atomic mass is 10.2. The largest absolute Gasteiger partial charge is 0.324 e. The number of hydrogen-bond acceptors (Lipinski definition) is 7. The number of aromatic nitrogens is 3. The third-order valence-electron chi connectivity index (χ3n) is 3.92. The van der Waals surface area contributed by atoms with Gasteiger partial charge in [0.2, 0.25) is 17.8 Å². The van der Waals surface area contributed by atoms with Crippen LogP contribution in [0.2, 0.25) is 0 Å². The Labute approximate surface area is 182 Å². The van der Waals surface area contributed by atoms with Gasteiger partial charge in [0.05, 0.1) is 6.21 Å². The first-order valence-electron chi connectivity index (χ1n) is 9.19. The molecule has 0 saturated heterocycles. The Balaban J connectivity index is 1.57. The molecule has 0 aliphatic heterocycles. The first-order chi connectivity index (χ1) is 14.7. The van der Waals surface area contributed by atoms with Crippen LogP contribution in [0.15, 0.2) is 94.5 Å². The summed E-state index contributed by atoms with van der Waals surface area (Å²) in [5.74, 6) is 1.11. The zero-order valence-electron chi connectivity index (χ0n) is 15.8. The lowest BCUT2D eigenvalue weighted by Gasteiger charge is -2.10. The van der Waals surface area contributed by atoms with E-state index in [-0.39, 0.29) is 0 Å². The Morgan fingerprint density at radius 1 is 0.667 bits per heavy atom. The maximum atomic E-state index is 4.46. The number of hydrogen-bond donors (Lipinski definition) is 3. The van der Waals surface area contributed by atoms with Gasteiger partial charge in [0.25, 0.3) is 0 Å². The van der Waals surface area contributed by atoms with E-state index in [4.69, 9.17) is 0 Å². The Bertz CT molecular complexity index is 1070. The Morgan fingerprint density at radius 2 is 1.23 bits per heavy atom. The molecular formula is C22H18BrN7. The van der Waals surface area contributed by atoms with Crippen molar-refractivity contribution >= 4 is 51.4 Å². The van der Waals surface area contributed by atoms with Crippen LogP contribution in [0.4, 0.5) is 29.2 Å². The van der Waals surface area contributed by atoms with Crippen molar-refractivity contribution in [3.63, 3.8) is 0 Å². The van der Waals surface area contributed by atoms with Crippen LogP contribution in [0.5, 0.6) is 0 Å². The molecule has 0 radical (unpaired) electrons. The van der Waals surface area contributed by atoms with Crippen LogP contribution in [0.3, 0.4) is 0 Å². The minimum Gasteiger partial charge on any atom is -0.324 e. The predicted octanol–water partition coefficient (Wildman–Crippen LogP) is 5.57. The second kappa shape index (κ2) is 9.62. The molecule has 7 nitrogen and oxygen atoms in total. The first-order valence-corrected chi connectivity index (χ1v) is 9.99. The first kappa shape index (κ1) is 19.5. The van der Waals surface area contributed by atoms with Crippen molar-refractivity contribution in [2.24, 2.45) is 5.10 Å². The summed E-state index contributed by atoms with van der Waals surface area (Å²) in [5, 5.41) is 10.6. The summed E-state index contributed by atoms with van der Waals surface area (Å²) in [5.41, 5.74) is 5.56. The van der Waals surface area contributed by atoms with E-state index in [9.17, 15) is 0 Å². The van der Waals surface area contributed by atoms with Crippen LogP contribution in [0.1, 0.15) is 5.56 Å². The molecule has 0 spiro atoms. The fraction of sp³-hybridized carbons (Fsp3) is 0. The van der Waals surface area contributed by atoms with Gasteiger partial charge in [0.15, 0.2) is 0 Å². The molecule has 0 bridgehead atoms. The van der Waals surface area contributed by atoms with Crippen molar-refractivity contribution in [2.45, 2.75) is 0 Å². The second-order valence-electron chi connectivity index (χ2n) is 6.21. The summed E-state index contributed by atoms with van der Waals surface area (Å²) in [7, 11) is 0. The van der Waals surface area contributed by atoms with Crippen LogP contribution in [0, 0.1) is 0 Å². The molecule has 4 aromatic rings. The van der Waals surface area contributed by atoms with Gasteiger partial charge < -0.3 is 10.6 Å². The quantitative estimate of drug-likeness (QED) is 0.247. The van der Waals surface area contributed by atoms with Crippen molar-refractivity contribution in [3.8, 4) is 0 Å². The van der Waals surface area contributed by atoms with Crippen LogP contribution in [0.25, 0.3) is 0 Å². The molecule has 3 aromatic carbocycles. The minimum absolute atomic E-state index is 0.313. The number of anilines is 5. The summed E-state index contributed by atoms with van der Waals surface area (Å²) in [6, 6.07) is 27.2. The van der Waals surface area contributed by atoms with Crippen LogP contribution in [-0.2, 0) is 0 Å². The normalized spacial score (nSPS) is 10.7. The molecule has 30 heavy (non-hydrogen) atoms. The predicted molar refractivity (Wildman–Crippen MR) is 125 cm³/mol. The number of para-hydroxylation sites is 2. The maximum Gasteiger partial charge on any atom is 0.250 e. The highest BCUT2D eigenvalue weighted by molar-refractivity contribution is 9.10. The van der Waals surface area contributed by atoms with Gasteiger partial charge in [-0.25, -0.2) is 5.43 Å². The molecule has 0 fully saturated rings. The fourth-order valence-electron chi connectivity index (χ4n) is 2.59. The topological polar surface area (TPSA) is 87.1 Å². The summed E-state index contributed by atoms with van der Waals surface area (Å²) in [6.45, 7) is 0. The zero-order valence-corrected chi connectivity index (χ0v) is 17.4. The van der Waals surface area contributed by atoms with Gasteiger partial charge in [0, 0.05) is 15.8 Å². The van der Waals surface area contributed by atoms with Crippen LogP contribution < -0.4 is 16.1 Å². The third-order valence-corrected chi connectivity index (χ3v) is 4.42. The molecule has 148 valence electrons. The van der Waals surface area contributed by atoms with E-state index in [0.29, 0.717) is 17.8 Å². The number of hydrazone groups is 1. The van der Waals surface area contributed by atoms with Gasteiger partial charge in [-0.15, -0.1) is 0 Å². The molecule has 8 heteroatoms. The molecule has 3 N–H and O–H groups in total. The Kier molecular flexibility index (Phi) is 6.26. The summed E-state index contributed by atoms with van der Waals surface area (Å²) in [6.07, 6.45) is 1.70. The standard InChI is InChI=1S/C22H18BrN7/c23-17-9-7-8-16(14-17)15-24-30-22-28-20(25-18-10-3-1-4-11-18)27-21(29-22)26-19-12-5-2-6-13-19/h1-15H,(H3,25,26,27,28,29,30)/b24-15-. The summed E-state index contributed by atoms with van der Waals surface area (Å²) in [4.78, 5) is 13.3. The summed E-state index contributed by atoms with van der Waals surface area (Å²) < 4.78 is 0.982. The van der Waals surface area contributed by atoms with E-state index in [1.165, 1.54) is 0 Å². The number of halogens is 1. The maximum absolute atomic E-state index is 4.46. The molecule has 4 rings (SSSR count). The lowest BCUT2D eigenvalue weighted by molar-refractivity contribution is 1.04. The van der Waals surface area contributed by atoms with Crippen molar-refractivity contribution in [1.82, 2.24) is 15.0 Å². The van der Waals surface area contributed by atoms with Crippen molar-refractivity contribution < 1.29 is 0 Å². The average molecular weight is 460 g/mol. The lowest BCUT2D eigenvalue weighted by Crippen LogP contribution is -2.07. The van der Waals surface area contributed by atoms with Crippen LogP contribution in [-0.4, -0.2) is 21.2 Å². The highest BCUT2D eigenvalue weighted by atomic mass is 79.9. The monoisotopic (exact) mass is 459 g/mol. The van der Waals surface area contributed by atoms with Gasteiger partial charge in [0.1, 0.15) is 0 Å². The molecule has 0 aliphatic rings. The van der Waals surface area contributed by atoms with Gasteiger partial charge in [-0.2, -0.15) is 20.1 Å². The molecule has 1 heterocycles. The van der Waals surface area contributed by atoms with Crippen molar-refractivity contribution in [1.29, 1.82) is 0 Å². The molecule has 0 aliphatic carbocycles. The van der Waals surface area contributed by atoms with Crippen molar-refractivity contribution in [2.75, 3.05) is 16.1 Å².